The number of aromatic amines is 1. The molecule has 5 rings (SSSR count). The Morgan fingerprint density at radius 3 is 2.55 bits per heavy atom. The van der Waals surface area contributed by atoms with Crippen molar-refractivity contribution in [1.82, 2.24) is 15.3 Å². The topological polar surface area (TPSA) is 57.8 Å². The van der Waals surface area contributed by atoms with E-state index in [1.54, 1.807) is 24.4 Å². The van der Waals surface area contributed by atoms with Crippen LogP contribution in [0, 0.1) is 5.82 Å². The first-order chi connectivity index (χ1) is 14.2. The highest BCUT2D eigenvalue weighted by atomic mass is 19.1. The summed E-state index contributed by atoms with van der Waals surface area (Å²) in [4.78, 5) is 20.2. The standard InChI is InChI=1S/C24H18FN3O/c25-20-9-5-4-8-17(20)22-12-16(10-11-26-22)21-13-18-23(28-21)19(14-27-24(18)29)15-6-2-1-3-7-15/h1-13,19,28H,14H2,(H,27,29). The molecule has 29 heavy (non-hydrogen) atoms. The molecule has 0 spiro atoms. The smallest absolute Gasteiger partial charge is 0.253 e. The molecule has 1 amide bonds. The van der Waals surface area contributed by atoms with Crippen molar-refractivity contribution in [1.29, 1.82) is 0 Å². The van der Waals surface area contributed by atoms with Gasteiger partial charge in [0.15, 0.2) is 0 Å². The molecule has 2 aromatic carbocycles. The fraction of sp³-hybridized carbons (Fsp3) is 0.0833. The Balaban J connectivity index is 1.58. The van der Waals surface area contributed by atoms with Crippen molar-refractivity contribution in [3.8, 4) is 22.5 Å². The third-order valence-corrected chi connectivity index (χ3v) is 5.33. The number of aromatic nitrogens is 2. The summed E-state index contributed by atoms with van der Waals surface area (Å²) in [5.74, 6) is -0.338. The number of rotatable bonds is 3. The van der Waals surface area contributed by atoms with E-state index in [0.29, 0.717) is 23.4 Å². The Morgan fingerprint density at radius 1 is 0.931 bits per heavy atom. The molecular formula is C24H18FN3O. The zero-order valence-electron chi connectivity index (χ0n) is 15.5. The molecule has 1 unspecified atom stereocenters. The lowest BCUT2D eigenvalue weighted by Gasteiger charge is -2.23. The van der Waals surface area contributed by atoms with Crippen molar-refractivity contribution < 1.29 is 9.18 Å². The molecule has 142 valence electrons. The summed E-state index contributed by atoms with van der Waals surface area (Å²) < 4.78 is 14.2. The second-order valence-electron chi connectivity index (χ2n) is 7.09. The summed E-state index contributed by atoms with van der Waals surface area (Å²) in [6.45, 7) is 0.548. The average Bonchev–Trinajstić information content (AvgIpc) is 3.22. The molecule has 0 radical (unpaired) electrons. The highest BCUT2D eigenvalue weighted by molar-refractivity contribution is 5.98. The number of fused-ring (bicyclic) bond motifs is 1. The van der Waals surface area contributed by atoms with Gasteiger partial charge in [-0.3, -0.25) is 9.78 Å². The minimum absolute atomic E-state index is 0.0607. The van der Waals surface area contributed by atoms with Gasteiger partial charge in [0.1, 0.15) is 5.82 Å². The third kappa shape index (κ3) is 3.10. The number of carbonyl (C=O) groups is 1. The zero-order valence-corrected chi connectivity index (χ0v) is 15.5. The zero-order chi connectivity index (χ0) is 19.8. The molecule has 1 aliphatic heterocycles. The molecule has 0 saturated heterocycles. The van der Waals surface area contributed by atoms with Crippen molar-refractivity contribution in [2.24, 2.45) is 0 Å². The van der Waals surface area contributed by atoms with Crippen molar-refractivity contribution in [2.75, 3.05) is 6.54 Å². The number of carbonyl (C=O) groups excluding carboxylic acids is 1. The van der Waals surface area contributed by atoms with Crippen LogP contribution in [0.2, 0.25) is 0 Å². The number of hydrogen-bond acceptors (Lipinski definition) is 2. The Bertz CT molecular complexity index is 1200. The molecule has 1 atom stereocenters. The summed E-state index contributed by atoms with van der Waals surface area (Å²) >= 11 is 0. The van der Waals surface area contributed by atoms with Crippen LogP contribution in [0.15, 0.2) is 79.0 Å². The van der Waals surface area contributed by atoms with Crippen molar-refractivity contribution in [3.05, 3.63) is 102 Å². The summed E-state index contributed by atoms with van der Waals surface area (Å²) in [5, 5.41) is 2.98. The molecule has 4 nitrogen and oxygen atoms in total. The van der Waals surface area contributed by atoms with Crippen LogP contribution in [0.25, 0.3) is 22.5 Å². The van der Waals surface area contributed by atoms with Crippen LogP contribution in [0.5, 0.6) is 0 Å². The van der Waals surface area contributed by atoms with Crippen LogP contribution in [-0.4, -0.2) is 22.4 Å². The molecule has 3 heterocycles. The first-order valence-corrected chi connectivity index (χ1v) is 9.48. The molecule has 0 aliphatic carbocycles. The molecular weight excluding hydrogens is 365 g/mol. The predicted octanol–water partition coefficient (Wildman–Crippen LogP) is 4.76. The van der Waals surface area contributed by atoms with E-state index in [0.717, 1.165) is 22.5 Å². The van der Waals surface area contributed by atoms with Crippen molar-refractivity contribution in [2.45, 2.75) is 5.92 Å². The van der Waals surface area contributed by atoms with Gasteiger partial charge in [-0.15, -0.1) is 0 Å². The Kier molecular flexibility index (Phi) is 4.21. The number of pyridine rings is 1. The highest BCUT2D eigenvalue weighted by Crippen LogP contribution is 2.34. The van der Waals surface area contributed by atoms with Gasteiger partial charge in [-0.2, -0.15) is 0 Å². The van der Waals surface area contributed by atoms with Gasteiger partial charge in [0.05, 0.1) is 11.3 Å². The molecule has 2 aromatic heterocycles. The minimum atomic E-state index is -0.313. The number of benzene rings is 2. The lowest BCUT2D eigenvalue weighted by Crippen LogP contribution is -2.35. The maximum Gasteiger partial charge on any atom is 0.253 e. The normalized spacial score (nSPS) is 15.6. The maximum absolute atomic E-state index is 14.2. The van der Waals surface area contributed by atoms with Gasteiger partial charge in [0.2, 0.25) is 0 Å². The summed E-state index contributed by atoms with van der Waals surface area (Å²) in [6, 6.07) is 22.2. The first-order valence-electron chi connectivity index (χ1n) is 9.48. The highest BCUT2D eigenvalue weighted by Gasteiger charge is 2.29. The van der Waals surface area contributed by atoms with Gasteiger partial charge in [-0.1, -0.05) is 42.5 Å². The second kappa shape index (κ2) is 7.02. The number of amides is 1. The molecule has 5 heteroatoms. The quantitative estimate of drug-likeness (QED) is 0.536. The van der Waals surface area contributed by atoms with Crippen LogP contribution >= 0.6 is 0 Å². The Labute approximate surface area is 167 Å². The van der Waals surface area contributed by atoms with Gasteiger partial charge in [0, 0.05) is 41.2 Å². The van der Waals surface area contributed by atoms with Gasteiger partial charge < -0.3 is 10.3 Å². The molecule has 0 saturated carbocycles. The predicted molar refractivity (Wildman–Crippen MR) is 110 cm³/mol. The van der Waals surface area contributed by atoms with Crippen LogP contribution < -0.4 is 5.32 Å². The number of nitrogens with one attached hydrogen (secondary N) is 2. The summed E-state index contributed by atoms with van der Waals surface area (Å²) in [6.07, 6.45) is 1.66. The van der Waals surface area contributed by atoms with E-state index in [1.807, 2.05) is 36.4 Å². The summed E-state index contributed by atoms with van der Waals surface area (Å²) in [7, 11) is 0. The number of halogens is 1. The van der Waals surface area contributed by atoms with Gasteiger partial charge in [-0.25, -0.2) is 4.39 Å². The number of nitrogens with zero attached hydrogens (tertiary/aromatic N) is 1. The monoisotopic (exact) mass is 383 g/mol. The van der Waals surface area contributed by atoms with Crippen LogP contribution in [0.3, 0.4) is 0 Å². The van der Waals surface area contributed by atoms with E-state index in [-0.39, 0.29) is 17.6 Å². The Hall–Kier alpha value is -3.73. The Morgan fingerprint density at radius 2 is 1.72 bits per heavy atom. The summed E-state index contributed by atoms with van der Waals surface area (Å²) in [5.41, 5.74) is 5.36. The number of H-pyrrole nitrogens is 1. The fourth-order valence-electron chi connectivity index (χ4n) is 3.86. The SMILES string of the molecule is O=C1NCC(c2ccccc2)c2[nH]c(-c3ccnc(-c4ccccc4F)c3)cc21. The van der Waals surface area contributed by atoms with Gasteiger partial charge >= 0.3 is 0 Å². The average molecular weight is 383 g/mol. The van der Waals surface area contributed by atoms with Crippen molar-refractivity contribution in [3.63, 3.8) is 0 Å². The molecule has 1 aliphatic rings. The lowest BCUT2D eigenvalue weighted by atomic mass is 9.90. The minimum Gasteiger partial charge on any atom is -0.357 e. The van der Waals surface area contributed by atoms with E-state index in [2.05, 4.69) is 27.4 Å². The van der Waals surface area contributed by atoms with E-state index in [4.69, 9.17) is 0 Å². The third-order valence-electron chi connectivity index (χ3n) is 5.33. The maximum atomic E-state index is 14.2. The van der Waals surface area contributed by atoms with E-state index < -0.39 is 0 Å². The van der Waals surface area contributed by atoms with Crippen molar-refractivity contribution >= 4 is 5.91 Å². The second-order valence-corrected chi connectivity index (χ2v) is 7.09. The van der Waals surface area contributed by atoms with Crippen LogP contribution in [-0.2, 0) is 0 Å². The fourth-order valence-corrected chi connectivity index (χ4v) is 3.86. The van der Waals surface area contributed by atoms with Crippen LogP contribution in [0.4, 0.5) is 4.39 Å². The van der Waals surface area contributed by atoms with E-state index >= 15 is 0 Å². The van der Waals surface area contributed by atoms with E-state index in [1.165, 1.54) is 6.07 Å². The van der Waals surface area contributed by atoms with Crippen LogP contribution in [0.1, 0.15) is 27.5 Å². The number of hydrogen-bond donors (Lipinski definition) is 2. The first kappa shape index (κ1) is 17.4. The van der Waals surface area contributed by atoms with Gasteiger partial charge in [0.25, 0.3) is 5.91 Å². The lowest BCUT2D eigenvalue weighted by molar-refractivity contribution is 0.0942. The molecule has 2 N–H and O–H groups in total. The molecule has 0 fully saturated rings. The van der Waals surface area contributed by atoms with E-state index in [9.17, 15) is 9.18 Å². The molecule has 4 aromatic rings. The molecule has 0 bridgehead atoms. The largest absolute Gasteiger partial charge is 0.357 e. The van der Waals surface area contributed by atoms with Gasteiger partial charge in [-0.05, 0) is 35.9 Å².